The van der Waals surface area contributed by atoms with E-state index in [9.17, 15) is 14.9 Å². The van der Waals surface area contributed by atoms with Crippen LogP contribution < -0.4 is 0 Å². The predicted molar refractivity (Wildman–Crippen MR) is 100 cm³/mol. The Morgan fingerprint density at radius 2 is 1.93 bits per heavy atom. The van der Waals surface area contributed by atoms with Crippen molar-refractivity contribution in [2.45, 2.75) is 20.5 Å². The van der Waals surface area contributed by atoms with Gasteiger partial charge < -0.3 is 4.74 Å². The number of carbonyl (C=O) groups is 1. The van der Waals surface area contributed by atoms with Crippen molar-refractivity contribution in [2.75, 3.05) is 0 Å². The molecule has 0 unspecified atom stereocenters. The van der Waals surface area contributed by atoms with Gasteiger partial charge in [0.25, 0.3) is 5.69 Å². The van der Waals surface area contributed by atoms with E-state index in [2.05, 4.69) is 5.10 Å². The van der Waals surface area contributed by atoms with Crippen molar-refractivity contribution in [2.24, 2.45) is 0 Å². The molecule has 0 bridgehead atoms. The number of esters is 1. The van der Waals surface area contributed by atoms with Gasteiger partial charge >= 0.3 is 5.97 Å². The number of nitro groups is 1. The zero-order chi connectivity index (χ0) is 19.6. The molecular weight excluding hydrogens is 370 g/mol. The minimum atomic E-state index is -0.666. The lowest BCUT2D eigenvalue weighted by molar-refractivity contribution is -0.384. The second-order valence-electron chi connectivity index (χ2n) is 5.90. The first kappa shape index (κ1) is 18.6. The Bertz CT molecular complexity index is 1020. The molecule has 0 spiro atoms. The molecule has 7 nitrogen and oxygen atoms in total. The molecule has 0 N–H and O–H groups in total. The maximum Gasteiger partial charge on any atom is 0.338 e. The van der Waals surface area contributed by atoms with E-state index in [1.165, 1.54) is 12.1 Å². The molecule has 1 heterocycles. The lowest BCUT2D eigenvalue weighted by Crippen LogP contribution is -2.07. The molecular formula is C19H16ClN3O4. The summed E-state index contributed by atoms with van der Waals surface area (Å²) in [5.41, 5.74) is 3.02. The fourth-order valence-electron chi connectivity index (χ4n) is 2.71. The van der Waals surface area contributed by atoms with Crippen LogP contribution in [0, 0.1) is 24.0 Å². The van der Waals surface area contributed by atoms with Crippen molar-refractivity contribution in [3.05, 3.63) is 86.2 Å². The summed E-state index contributed by atoms with van der Waals surface area (Å²) in [7, 11) is 0. The number of para-hydroxylation sites is 1. The highest BCUT2D eigenvalue weighted by Gasteiger charge is 2.19. The van der Waals surface area contributed by atoms with Crippen LogP contribution in [-0.2, 0) is 11.3 Å². The van der Waals surface area contributed by atoms with Crippen molar-refractivity contribution in [3.63, 3.8) is 0 Å². The molecule has 0 fully saturated rings. The number of ether oxygens (including phenoxy) is 1. The normalized spacial score (nSPS) is 10.6. The average Bonchev–Trinajstić information content (AvgIpc) is 2.94. The van der Waals surface area contributed by atoms with Crippen LogP contribution >= 0.6 is 11.6 Å². The van der Waals surface area contributed by atoms with E-state index in [0.29, 0.717) is 0 Å². The molecule has 0 radical (unpaired) electrons. The van der Waals surface area contributed by atoms with Gasteiger partial charge in [0.2, 0.25) is 0 Å². The number of aromatic nitrogens is 2. The first-order chi connectivity index (χ1) is 12.9. The Kier molecular flexibility index (Phi) is 5.23. The fraction of sp³-hybridized carbons (Fsp3) is 0.158. The average molecular weight is 386 g/mol. The Morgan fingerprint density at radius 3 is 2.59 bits per heavy atom. The molecule has 0 saturated heterocycles. The molecule has 3 rings (SSSR count). The number of nitro benzene ring substituents is 1. The predicted octanol–water partition coefficient (Wildman–Crippen LogP) is 4.41. The quantitative estimate of drug-likeness (QED) is 0.369. The summed E-state index contributed by atoms with van der Waals surface area (Å²) in [6, 6.07) is 13.4. The van der Waals surface area contributed by atoms with Crippen molar-refractivity contribution >= 4 is 23.3 Å². The molecule has 138 valence electrons. The first-order valence-corrected chi connectivity index (χ1v) is 8.48. The topological polar surface area (TPSA) is 87.3 Å². The Hall–Kier alpha value is -3.19. The lowest BCUT2D eigenvalue weighted by atomic mass is 10.2. The molecule has 0 atom stereocenters. The molecule has 0 amide bonds. The van der Waals surface area contributed by atoms with Crippen molar-refractivity contribution in [1.82, 2.24) is 9.78 Å². The van der Waals surface area contributed by atoms with E-state index in [1.807, 2.05) is 44.2 Å². The fourth-order valence-corrected chi connectivity index (χ4v) is 2.89. The van der Waals surface area contributed by atoms with Gasteiger partial charge in [0.05, 0.1) is 21.9 Å². The monoisotopic (exact) mass is 385 g/mol. The summed E-state index contributed by atoms with van der Waals surface area (Å²) >= 11 is 5.77. The van der Waals surface area contributed by atoms with Gasteiger partial charge in [-0.15, -0.1) is 0 Å². The Balaban J connectivity index is 1.79. The van der Waals surface area contributed by atoms with Gasteiger partial charge in [-0.25, -0.2) is 9.48 Å². The molecule has 1 aromatic heterocycles. The lowest BCUT2D eigenvalue weighted by Gasteiger charge is -2.07. The molecule has 8 heteroatoms. The number of hydrogen-bond donors (Lipinski definition) is 0. The van der Waals surface area contributed by atoms with Gasteiger partial charge in [-0.05, 0) is 38.1 Å². The minimum Gasteiger partial charge on any atom is -0.457 e. The van der Waals surface area contributed by atoms with Crippen LogP contribution in [0.1, 0.15) is 27.3 Å². The number of benzene rings is 2. The zero-order valence-corrected chi connectivity index (χ0v) is 15.4. The van der Waals surface area contributed by atoms with Gasteiger partial charge in [0, 0.05) is 17.3 Å². The van der Waals surface area contributed by atoms with Crippen LogP contribution in [0.2, 0.25) is 5.02 Å². The van der Waals surface area contributed by atoms with E-state index < -0.39 is 10.9 Å². The van der Waals surface area contributed by atoms with Crippen LogP contribution in [0.15, 0.2) is 48.5 Å². The van der Waals surface area contributed by atoms with Gasteiger partial charge in [0.15, 0.2) is 0 Å². The number of aryl methyl sites for hydroxylation is 1. The highest BCUT2D eigenvalue weighted by Crippen LogP contribution is 2.26. The van der Waals surface area contributed by atoms with Crippen LogP contribution in [0.4, 0.5) is 5.69 Å². The van der Waals surface area contributed by atoms with Crippen LogP contribution in [0.25, 0.3) is 5.69 Å². The summed E-state index contributed by atoms with van der Waals surface area (Å²) in [6.07, 6.45) is 0. The zero-order valence-electron chi connectivity index (χ0n) is 14.7. The van der Waals surface area contributed by atoms with Crippen LogP contribution in [0.5, 0.6) is 0 Å². The van der Waals surface area contributed by atoms with Gasteiger partial charge in [-0.3, -0.25) is 10.1 Å². The number of halogens is 1. The third kappa shape index (κ3) is 3.83. The van der Waals surface area contributed by atoms with E-state index in [-0.39, 0.29) is 22.9 Å². The standard InChI is InChI=1S/C19H16ClN3O4/c1-12-16(13(2)22(21-12)15-6-4-3-5-7-15)11-27-19(24)14-8-9-17(20)18(10-14)23(25)26/h3-10H,11H2,1-2H3. The first-order valence-electron chi connectivity index (χ1n) is 8.10. The molecule has 27 heavy (non-hydrogen) atoms. The highest BCUT2D eigenvalue weighted by atomic mass is 35.5. The van der Waals surface area contributed by atoms with Gasteiger partial charge in [-0.2, -0.15) is 5.10 Å². The van der Waals surface area contributed by atoms with Gasteiger partial charge in [0.1, 0.15) is 11.6 Å². The largest absolute Gasteiger partial charge is 0.457 e. The highest BCUT2D eigenvalue weighted by molar-refractivity contribution is 6.32. The van der Waals surface area contributed by atoms with Crippen LogP contribution in [0.3, 0.4) is 0 Å². The Labute approximate surface area is 160 Å². The minimum absolute atomic E-state index is 0.0136. The number of nitrogens with zero attached hydrogens (tertiary/aromatic N) is 3. The third-order valence-electron chi connectivity index (χ3n) is 4.17. The molecule has 0 aliphatic rings. The van der Waals surface area contributed by atoms with E-state index >= 15 is 0 Å². The molecule has 0 aliphatic heterocycles. The summed E-state index contributed by atoms with van der Waals surface area (Å²) in [5.74, 6) is -0.666. The smallest absolute Gasteiger partial charge is 0.338 e. The molecule has 3 aromatic rings. The summed E-state index contributed by atoms with van der Waals surface area (Å²) in [5, 5.41) is 15.4. The van der Waals surface area contributed by atoms with Crippen molar-refractivity contribution < 1.29 is 14.5 Å². The van der Waals surface area contributed by atoms with Crippen LogP contribution in [-0.4, -0.2) is 20.7 Å². The maximum absolute atomic E-state index is 12.3. The van der Waals surface area contributed by atoms with E-state index in [4.69, 9.17) is 16.3 Å². The van der Waals surface area contributed by atoms with Gasteiger partial charge in [-0.1, -0.05) is 29.8 Å². The summed E-state index contributed by atoms with van der Waals surface area (Å²) in [4.78, 5) is 22.6. The number of rotatable bonds is 5. The molecule has 2 aromatic carbocycles. The number of hydrogen-bond acceptors (Lipinski definition) is 5. The SMILES string of the molecule is Cc1nn(-c2ccccc2)c(C)c1COC(=O)c1ccc(Cl)c([N+](=O)[O-])c1. The second kappa shape index (κ2) is 7.59. The second-order valence-corrected chi connectivity index (χ2v) is 6.30. The van der Waals surface area contributed by atoms with E-state index in [0.717, 1.165) is 28.7 Å². The molecule has 0 saturated carbocycles. The number of carbonyl (C=O) groups excluding carboxylic acids is 1. The summed E-state index contributed by atoms with van der Waals surface area (Å²) in [6.45, 7) is 3.74. The maximum atomic E-state index is 12.3. The third-order valence-corrected chi connectivity index (χ3v) is 4.49. The van der Waals surface area contributed by atoms with Crippen molar-refractivity contribution in [1.29, 1.82) is 0 Å². The van der Waals surface area contributed by atoms with E-state index in [1.54, 1.807) is 4.68 Å². The molecule has 0 aliphatic carbocycles. The van der Waals surface area contributed by atoms with Crippen molar-refractivity contribution in [3.8, 4) is 5.69 Å². The Morgan fingerprint density at radius 1 is 1.22 bits per heavy atom. The summed E-state index contributed by atoms with van der Waals surface area (Å²) < 4.78 is 7.13.